The third-order valence-electron chi connectivity index (χ3n) is 3.80. The maximum Gasteiger partial charge on any atom is 0.268 e. The molecule has 25 heavy (non-hydrogen) atoms. The van der Waals surface area contributed by atoms with E-state index in [0.717, 1.165) is 15.9 Å². The van der Waals surface area contributed by atoms with Gasteiger partial charge in [0.25, 0.3) is 5.89 Å². The summed E-state index contributed by atoms with van der Waals surface area (Å²) in [5.41, 5.74) is 3.03. The molecule has 4 aromatic rings. The van der Waals surface area contributed by atoms with E-state index in [-0.39, 0.29) is 0 Å². The van der Waals surface area contributed by atoms with Crippen LogP contribution in [0.25, 0.3) is 17.2 Å². The number of fused-ring (bicyclic) bond motifs is 1. The Morgan fingerprint density at radius 2 is 2.08 bits per heavy atom. The highest BCUT2D eigenvalue weighted by atomic mass is 79.9. The van der Waals surface area contributed by atoms with E-state index in [1.807, 2.05) is 24.7 Å². The number of aromatic nitrogens is 7. The zero-order chi connectivity index (χ0) is 17.6. The lowest BCUT2D eigenvalue weighted by atomic mass is 10.4. The number of hydrogen-bond acceptors (Lipinski definition) is 6. The fourth-order valence-electron chi connectivity index (χ4n) is 2.51. The smallest absolute Gasteiger partial charge is 0.268 e. The maximum atomic E-state index is 6.16. The summed E-state index contributed by atoms with van der Waals surface area (Å²) in [5, 5.41) is 17.6. The van der Waals surface area contributed by atoms with E-state index in [2.05, 4.69) is 41.3 Å². The Hall–Kier alpha value is -2.26. The first kappa shape index (κ1) is 16.2. The van der Waals surface area contributed by atoms with E-state index in [9.17, 15) is 0 Å². The van der Waals surface area contributed by atoms with Crippen LogP contribution in [0.15, 0.2) is 27.3 Å². The molecule has 0 amide bonds. The molecule has 0 saturated carbocycles. The number of hydrogen-bond donors (Lipinski definition) is 0. The molecular weight excluding hydrogens is 410 g/mol. The second-order valence-corrected chi connectivity index (χ2v) is 6.86. The molecule has 0 aliphatic rings. The third kappa shape index (κ3) is 3.05. The first-order chi connectivity index (χ1) is 12.0. The number of halogens is 2. The standard InChI is InChI=1S/C15H13BrClN7O/c1-8-14(17)9(2)23(21-8)4-3-13-19-20-15(25-13)11-5-12-18-6-10(16)7-24(12)22-11/h5-7H,3-4H2,1-2H3. The van der Waals surface area contributed by atoms with Gasteiger partial charge in [-0.15, -0.1) is 10.2 Å². The van der Waals surface area contributed by atoms with E-state index in [4.69, 9.17) is 16.0 Å². The Bertz CT molecular complexity index is 1070. The van der Waals surface area contributed by atoms with Gasteiger partial charge in [-0.25, -0.2) is 9.50 Å². The van der Waals surface area contributed by atoms with Gasteiger partial charge >= 0.3 is 0 Å². The summed E-state index contributed by atoms with van der Waals surface area (Å²) < 4.78 is 10.0. The molecule has 4 aromatic heterocycles. The zero-order valence-corrected chi connectivity index (χ0v) is 15.8. The fourth-order valence-corrected chi connectivity index (χ4v) is 2.94. The van der Waals surface area contributed by atoms with E-state index in [1.54, 1.807) is 16.8 Å². The molecule has 0 unspecified atom stereocenters. The lowest BCUT2D eigenvalue weighted by Gasteiger charge is -2.01. The molecular formula is C15H13BrClN7O. The highest BCUT2D eigenvalue weighted by Gasteiger charge is 2.14. The summed E-state index contributed by atoms with van der Waals surface area (Å²) in [6.07, 6.45) is 4.08. The van der Waals surface area contributed by atoms with Gasteiger partial charge in [0.1, 0.15) is 0 Å². The van der Waals surface area contributed by atoms with E-state index in [1.165, 1.54) is 0 Å². The van der Waals surface area contributed by atoms with Gasteiger partial charge in [-0.05, 0) is 29.8 Å². The van der Waals surface area contributed by atoms with Crippen molar-refractivity contribution in [3.63, 3.8) is 0 Å². The summed E-state index contributed by atoms with van der Waals surface area (Å²) in [6.45, 7) is 4.43. The zero-order valence-electron chi connectivity index (χ0n) is 13.4. The van der Waals surface area contributed by atoms with E-state index >= 15 is 0 Å². The lowest BCUT2D eigenvalue weighted by molar-refractivity contribution is 0.470. The number of aryl methyl sites for hydroxylation is 3. The SMILES string of the molecule is Cc1nn(CCc2nnc(-c3cc4ncc(Br)cn4n3)o2)c(C)c1Cl. The number of rotatable bonds is 4. The summed E-state index contributed by atoms with van der Waals surface area (Å²) in [7, 11) is 0. The molecule has 0 aliphatic carbocycles. The first-order valence-corrected chi connectivity index (χ1v) is 8.71. The van der Waals surface area contributed by atoms with Crippen LogP contribution in [0, 0.1) is 13.8 Å². The van der Waals surface area contributed by atoms with Crippen LogP contribution in [-0.4, -0.2) is 34.6 Å². The van der Waals surface area contributed by atoms with Crippen LogP contribution in [0.4, 0.5) is 0 Å². The molecule has 0 aliphatic heterocycles. The van der Waals surface area contributed by atoms with Crippen LogP contribution < -0.4 is 0 Å². The monoisotopic (exact) mass is 421 g/mol. The van der Waals surface area contributed by atoms with Crippen molar-refractivity contribution in [2.45, 2.75) is 26.8 Å². The van der Waals surface area contributed by atoms with Crippen LogP contribution in [-0.2, 0) is 13.0 Å². The van der Waals surface area contributed by atoms with Crippen molar-refractivity contribution in [2.24, 2.45) is 0 Å². The molecule has 0 bridgehead atoms. The Morgan fingerprint density at radius 1 is 1.24 bits per heavy atom. The lowest BCUT2D eigenvalue weighted by Crippen LogP contribution is -2.05. The summed E-state index contributed by atoms with van der Waals surface area (Å²) in [6, 6.07) is 1.80. The molecule has 8 nitrogen and oxygen atoms in total. The molecule has 10 heteroatoms. The fraction of sp³-hybridized carbons (Fsp3) is 0.267. The Morgan fingerprint density at radius 3 is 2.84 bits per heavy atom. The molecule has 4 rings (SSSR count). The topological polar surface area (TPSA) is 86.9 Å². The molecule has 0 spiro atoms. The predicted molar refractivity (Wildman–Crippen MR) is 94.4 cm³/mol. The quantitative estimate of drug-likeness (QED) is 0.502. The maximum absolute atomic E-state index is 6.16. The summed E-state index contributed by atoms with van der Waals surface area (Å²) in [4.78, 5) is 4.27. The van der Waals surface area contributed by atoms with Crippen LogP contribution in [0.3, 0.4) is 0 Å². The van der Waals surface area contributed by atoms with Gasteiger partial charge in [-0.2, -0.15) is 10.2 Å². The van der Waals surface area contributed by atoms with Crippen LogP contribution in [0.2, 0.25) is 5.02 Å². The number of nitrogens with zero attached hydrogens (tertiary/aromatic N) is 7. The van der Waals surface area contributed by atoms with Crippen molar-refractivity contribution in [1.82, 2.24) is 34.6 Å². The van der Waals surface area contributed by atoms with Gasteiger partial charge in [0.05, 0.1) is 20.9 Å². The minimum atomic E-state index is 0.364. The highest BCUT2D eigenvalue weighted by molar-refractivity contribution is 9.10. The highest BCUT2D eigenvalue weighted by Crippen LogP contribution is 2.21. The van der Waals surface area contributed by atoms with Crippen molar-refractivity contribution < 1.29 is 4.42 Å². The summed E-state index contributed by atoms with van der Waals surface area (Å²) >= 11 is 9.52. The van der Waals surface area contributed by atoms with Gasteiger partial charge in [0, 0.05) is 31.4 Å². The molecule has 0 fully saturated rings. The van der Waals surface area contributed by atoms with Gasteiger partial charge < -0.3 is 4.42 Å². The average molecular weight is 423 g/mol. The Kier molecular flexibility index (Phi) is 4.04. The van der Waals surface area contributed by atoms with Crippen LogP contribution in [0.5, 0.6) is 0 Å². The molecule has 4 heterocycles. The van der Waals surface area contributed by atoms with Crippen LogP contribution >= 0.6 is 27.5 Å². The van der Waals surface area contributed by atoms with E-state index < -0.39 is 0 Å². The van der Waals surface area contributed by atoms with Gasteiger partial charge in [0.2, 0.25) is 5.89 Å². The minimum Gasteiger partial charge on any atom is -0.419 e. The van der Waals surface area contributed by atoms with Crippen molar-refractivity contribution >= 4 is 33.2 Å². The van der Waals surface area contributed by atoms with E-state index in [0.29, 0.717) is 41.1 Å². The Balaban J connectivity index is 1.53. The molecule has 0 aromatic carbocycles. The molecule has 0 atom stereocenters. The molecule has 128 valence electrons. The normalized spacial score (nSPS) is 11.5. The van der Waals surface area contributed by atoms with Crippen molar-refractivity contribution in [2.75, 3.05) is 0 Å². The van der Waals surface area contributed by atoms with Crippen molar-refractivity contribution in [3.05, 3.63) is 45.2 Å². The summed E-state index contributed by atoms with van der Waals surface area (Å²) in [5.74, 6) is 0.882. The largest absolute Gasteiger partial charge is 0.419 e. The average Bonchev–Trinajstić information content (AvgIpc) is 3.27. The Labute approximate surface area is 156 Å². The second-order valence-electron chi connectivity index (χ2n) is 5.56. The molecule has 0 saturated heterocycles. The van der Waals surface area contributed by atoms with Crippen molar-refractivity contribution in [1.29, 1.82) is 0 Å². The predicted octanol–water partition coefficient (Wildman–Crippen LogP) is 3.25. The first-order valence-electron chi connectivity index (χ1n) is 7.54. The molecule has 0 N–H and O–H groups in total. The molecule has 0 radical (unpaired) electrons. The van der Waals surface area contributed by atoms with Gasteiger partial charge in [0.15, 0.2) is 11.3 Å². The van der Waals surface area contributed by atoms with Gasteiger partial charge in [-0.3, -0.25) is 4.68 Å². The van der Waals surface area contributed by atoms with Gasteiger partial charge in [-0.1, -0.05) is 11.6 Å². The second kappa shape index (κ2) is 6.23. The van der Waals surface area contributed by atoms with Crippen LogP contribution in [0.1, 0.15) is 17.3 Å². The van der Waals surface area contributed by atoms with Crippen molar-refractivity contribution in [3.8, 4) is 11.6 Å². The third-order valence-corrected chi connectivity index (χ3v) is 4.75. The minimum absolute atomic E-state index is 0.364.